The molecular formula is C28H34FN3O2. The van der Waals surface area contributed by atoms with Gasteiger partial charge in [-0.05, 0) is 68.5 Å². The number of aliphatic hydroxyl groups excluding tert-OH is 1. The number of hydrogen-bond acceptors (Lipinski definition) is 4. The second-order valence-corrected chi connectivity index (χ2v) is 10.5. The number of methoxy groups -OCH3 is 1. The number of H-pyrrole nitrogens is 1. The van der Waals surface area contributed by atoms with Gasteiger partial charge in [0, 0.05) is 53.3 Å². The van der Waals surface area contributed by atoms with Crippen molar-refractivity contribution < 1.29 is 14.2 Å². The van der Waals surface area contributed by atoms with E-state index in [4.69, 9.17) is 4.74 Å². The first-order valence-corrected chi connectivity index (χ1v) is 12.6. The number of aromatic nitrogens is 1. The van der Waals surface area contributed by atoms with Crippen LogP contribution in [0.4, 0.5) is 4.39 Å². The fourth-order valence-corrected chi connectivity index (χ4v) is 6.36. The van der Waals surface area contributed by atoms with Crippen LogP contribution in [0.15, 0.2) is 42.5 Å². The Kier molecular flexibility index (Phi) is 5.63. The Morgan fingerprint density at radius 2 is 1.94 bits per heavy atom. The van der Waals surface area contributed by atoms with Gasteiger partial charge in [0.2, 0.25) is 0 Å². The lowest BCUT2D eigenvalue weighted by Gasteiger charge is -2.50. The van der Waals surface area contributed by atoms with Crippen LogP contribution >= 0.6 is 0 Å². The van der Waals surface area contributed by atoms with Gasteiger partial charge in [0.1, 0.15) is 11.6 Å². The summed E-state index contributed by atoms with van der Waals surface area (Å²) in [5, 5.41) is 11.8. The van der Waals surface area contributed by atoms with Crippen LogP contribution in [0.5, 0.6) is 5.75 Å². The van der Waals surface area contributed by atoms with E-state index in [1.165, 1.54) is 36.4 Å². The smallest absolute Gasteiger partial charge is 0.127 e. The molecule has 0 bridgehead atoms. The van der Waals surface area contributed by atoms with Gasteiger partial charge >= 0.3 is 0 Å². The molecule has 34 heavy (non-hydrogen) atoms. The summed E-state index contributed by atoms with van der Waals surface area (Å²) in [6.07, 6.45) is 4.92. The zero-order valence-electron chi connectivity index (χ0n) is 19.9. The highest BCUT2D eigenvalue weighted by atomic mass is 19.1. The molecule has 6 rings (SSSR count). The number of piperidine rings is 1. The van der Waals surface area contributed by atoms with Crippen LogP contribution in [0, 0.1) is 11.7 Å². The average molecular weight is 464 g/mol. The lowest BCUT2D eigenvalue weighted by molar-refractivity contribution is 0.0419. The molecule has 3 heterocycles. The zero-order valence-corrected chi connectivity index (χ0v) is 19.9. The first kappa shape index (κ1) is 22.1. The van der Waals surface area contributed by atoms with Crippen molar-refractivity contribution in [1.82, 2.24) is 14.8 Å². The van der Waals surface area contributed by atoms with Crippen LogP contribution in [0.1, 0.15) is 48.5 Å². The van der Waals surface area contributed by atoms with Gasteiger partial charge in [-0.2, -0.15) is 0 Å². The van der Waals surface area contributed by atoms with E-state index in [2.05, 4.69) is 26.9 Å². The summed E-state index contributed by atoms with van der Waals surface area (Å²) in [6.45, 7) is 4.73. The van der Waals surface area contributed by atoms with Gasteiger partial charge in [-0.3, -0.25) is 4.90 Å². The normalized spacial score (nSPS) is 22.9. The molecule has 1 aliphatic carbocycles. The number of benzene rings is 2. The monoisotopic (exact) mass is 463 g/mol. The van der Waals surface area contributed by atoms with Gasteiger partial charge in [-0.15, -0.1) is 0 Å². The summed E-state index contributed by atoms with van der Waals surface area (Å²) in [5.74, 6) is 1.54. The van der Waals surface area contributed by atoms with Crippen molar-refractivity contribution in [3.05, 3.63) is 65.1 Å². The summed E-state index contributed by atoms with van der Waals surface area (Å²) in [7, 11) is 1.69. The van der Waals surface area contributed by atoms with Crippen molar-refractivity contribution in [2.75, 3.05) is 39.9 Å². The van der Waals surface area contributed by atoms with Crippen LogP contribution in [0.2, 0.25) is 0 Å². The Morgan fingerprint density at radius 3 is 2.65 bits per heavy atom. The van der Waals surface area contributed by atoms with Crippen molar-refractivity contribution in [2.45, 2.75) is 43.7 Å². The summed E-state index contributed by atoms with van der Waals surface area (Å²) in [4.78, 5) is 8.59. The third-order valence-electron chi connectivity index (χ3n) is 8.38. The molecule has 1 spiro atoms. The first-order chi connectivity index (χ1) is 16.6. The molecular weight excluding hydrogens is 429 g/mol. The number of aliphatic hydroxyl groups is 1. The third-order valence-corrected chi connectivity index (χ3v) is 8.38. The molecule has 3 aromatic rings. The number of hydrogen-bond donors (Lipinski definition) is 2. The standard InChI is InChI=1S/C28H34FN3O2/c1-34-21-8-9-22-24(14-21)30-27-25(17-33)32(16-20-4-2-3-5-23(20)29)18-28(26(22)27)10-12-31(13-11-28)15-19-6-7-19/h2-5,8-9,14,19,25,30,33H,6-7,10-13,15-18H2,1H3/t25-/m1/s1. The van der Waals surface area contributed by atoms with Crippen LogP contribution in [-0.4, -0.2) is 59.8 Å². The van der Waals surface area contributed by atoms with Crippen molar-refractivity contribution >= 4 is 10.9 Å². The van der Waals surface area contributed by atoms with Crippen LogP contribution in [0.25, 0.3) is 10.9 Å². The van der Waals surface area contributed by atoms with Crippen molar-refractivity contribution in [2.24, 2.45) is 5.92 Å². The lowest BCUT2D eigenvalue weighted by atomic mass is 9.68. The van der Waals surface area contributed by atoms with Gasteiger partial charge in [0.15, 0.2) is 0 Å². The van der Waals surface area contributed by atoms with Gasteiger partial charge in [-0.1, -0.05) is 18.2 Å². The minimum absolute atomic E-state index is 0.00467. The number of likely N-dealkylation sites (tertiary alicyclic amines) is 1. The molecule has 2 N–H and O–H groups in total. The van der Waals surface area contributed by atoms with Crippen LogP contribution in [0.3, 0.4) is 0 Å². The summed E-state index contributed by atoms with van der Waals surface area (Å²) >= 11 is 0. The fourth-order valence-electron chi connectivity index (χ4n) is 6.36. The topological polar surface area (TPSA) is 51.7 Å². The Hall–Kier alpha value is -2.41. The Balaban J connectivity index is 1.41. The van der Waals surface area contributed by atoms with Crippen LogP contribution in [-0.2, 0) is 12.0 Å². The Bertz CT molecular complexity index is 1180. The minimum atomic E-state index is -0.192. The average Bonchev–Trinajstić information content (AvgIpc) is 3.58. The molecule has 0 unspecified atom stereocenters. The summed E-state index contributed by atoms with van der Waals surface area (Å²) in [6, 6.07) is 13.1. The van der Waals surface area contributed by atoms with E-state index >= 15 is 0 Å². The number of nitrogens with zero attached hydrogens (tertiary/aromatic N) is 2. The molecule has 1 atom stereocenters. The molecule has 2 fully saturated rings. The SMILES string of the molecule is COc1ccc2c3c([nH]c2c1)[C@@H](CO)N(Cc1ccccc1F)CC31CCN(CC2CC2)CC1. The molecule has 180 valence electrons. The fraction of sp³-hybridized carbons (Fsp3) is 0.500. The van der Waals surface area contributed by atoms with Crippen molar-refractivity contribution in [3.63, 3.8) is 0 Å². The highest BCUT2D eigenvalue weighted by Crippen LogP contribution is 2.49. The van der Waals surface area contributed by atoms with Gasteiger partial charge in [-0.25, -0.2) is 4.39 Å². The molecule has 0 radical (unpaired) electrons. The molecule has 2 aromatic carbocycles. The van der Waals surface area contributed by atoms with Gasteiger partial charge in [0.05, 0.1) is 19.8 Å². The maximum absolute atomic E-state index is 14.6. The highest BCUT2D eigenvalue weighted by molar-refractivity contribution is 5.87. The molecule has 5 nitrogen and oxygen atoms in total. The Labute approximate surface area is 200 Å². The predicted octanol–water partition coefficient (Wildman–Crippen LogP) is 4.61. The van der Waals surface area contributed by atoms with Gasteiger partial charge in [0.25, 0.3) is 0 Å². The quantitative estimate of drug-likeness (QED) is 0.561. The van der Waals surface area contributed by atoms with E-state index in [-0.39, 0.29) is 23.9 Å². The van der Waals surface area contributed by atoms with Crippen molar-refractivity contribution in [3.8, 4) is 5.75 Å². The van der Waals surface area contributed by atoms with Gasteiger partial charge < -0.3 is 19.7 Å². The molecule has 2 aliphatic heterocycles. The number of nitrogens with one attached hydrogen (secondary N) is 1. The van der Waals surface area contributed by atoms with E-state index in [1.54, 1.807) is 13.2 Å². The zero-order chi connectivity index (χ0) is 23.3. The second-order valence-electron chi connectivity index (χ2n) is 10.5. The molecule has 1 saturated carbocycles. The largest absolute Gasteiger partial charge is 0.497 e. The first-order valence-electron chi connectivity index (χ1n) is 12.6. The third kappa shape index (κ3) is 3.82. The second kappa shape index (κ2) is 8.67. The number of rotatable bonds is 6. The van der Waals surface area contributed by atoms with E-state index in [9.17, 15) is 9.50 Å². The number of ether oxygens (including phenoxy) is 1. The minimum Gasteiger partial charge on any atom is -0.497 e. The maximum Gasteiger partial charge on any atom is 0.127 e. The van der Waals surface area contributed by atoms with E-state index < -0.39 is 0 Å². The summed E-state index contributed by atoms with van der Waals surface area (Å²) < 4.78 is 20.1. The summed E-state index contributed by atoms with van der Waals surface area (Å²) in [5.41, 5.74) is 4.17. The lowest BCUT2D eigenvalue weighted by Crippen LogP contribution is -2.53. The molecule has 1 saturated heterocycles. The number of aromatic amines is 1. The van der Waals surface area contributed by atoms with E-state index in [0.29, 0.717) is 12.1 Å². The van der Waals surface area contributed by atoms with E-state index in [1.807, 2.05) is 18.2 Å². The van der Waals surface area contributed by atoms with E-state index in [0.717, 1.165) is 55.4 Å². The maximum atomic E-state index is 14.6. The molecule has 3 aliphatic rings. The molecule has 6 heteroatoms. The highest BCUT2D eigenvalue weighted by Gasteiger charge is 2.47. The van der Waals surface area contributed by atoms with Crippen LogP contribution < -0.4 is 4.74 Å². The predicted molar refractivity (Wildman–Crippen MR) is 132 cm³/mol. The Morgan fingerprint density at radius 1 is 1.15 bits per heavy atom. The molecule has 0 amide bonds. The number of halogens is 1. The number of fused-ring (bicyclic) bond motifs is 4. The molecule has 1 aromatic heterocycles. The van der Waals surface area contributed by atoms with Crippen molar-refractivity contribution in [1.29, 1.82) is 0 Å².